The fraction of sp³-hybridized carbons (Fsp3) is 0.125. The first kappa shape index (κ1) is 6.22. The summed E-state index contributed by atoms with van der Waals surface area (Å²) in [6.07, 6.45) is 1.81. The van der Waals surface area contributed by atoms with E-state index in [1.807, 2.05) is 35.7 Å². The highest BCUT2D eigenvalue weighted by Crippen LogP contribution is 2.10. The number of hydrogen-bond donors (Lipinski definition) is 1. The van der Waals surface area contributed by atoms with Crippen LogP contribution in [0.5, 0.6) is 0 Å². The van der Waals surface area contributed by atoms with E-state index in [0.29, 0.717) is 0 Å². The number of nitrogens with two attached hydrogens (primary N) is 1. The van der Waals surface area contributed by atoms with Gasteiger partial charge in [-0.15, -0.1) is 0 Å². The van der Waals surface area contributed by atoms with Gasteiger partial charge in [0.15, 0.2) is 0 Å². The van der Waals surface area contributed by atoms with Gasteiger partial charge in [0.1, 0.15) is 11.5 Å². The minimum absolute atomic E-state index is 0.734. The summed E-state index contributed by atoms with van der Waals surface area (Å²) in [5.74, 6) is 0.734. The lowest BCUT2D eigenvalue weighted by Crippen LogP contribution is -1.96. The van der Waals surface area contributed by atoms with E-state index >= 15 is 0 Å². The minimum atomic E-state index is 0.734. The average Bonchev–Trinajstić information content (AvgIpc) is 2.34. The molecule has 0 saturated heterocycles. The highest BCUT2D eigenvalue weighted by Gasteiger charge is 1.98. The lowest BCUT2D eigenvalue weighted by Gasteiger charge is -1.99. The van der Waals surface area contributed by atoms with E-state index in [1.54, 1.807) is 0 Å². The van der Waals surface area contributed by atoms with Gasteiger partial charge in [-0.25, -0.2) is 4.98 Å². The first-order valence-corrected chi connectivity index (χ1v) is 3.47. The largest absolute Gasteiger partial charge is 0.385 e. The van der Waals surface area contributed by atoms with Crippen molar-refractivity contribution >= 4 is 11.5 Å². The van der Waals surface area contributed by atoms with Crippen LogP contribution in [0.25, 0.3) is 5.65 Å². The molecular formula is C8H9N3. The van der Waals surface area contributed by atoms with Crippen LogP contribution >= 0.6 is 0 Å². The van der Waals surface area contributed by atoms with Crippen LogP contribution in [0.3, 0.4) is 0 Å². The Morgan fingerprint density at radius 1 is 1.45 bits per heavy atom. The quantitative estimate of drug-likeness (QED) is 0.609. The number of imidazole rings is 1. The van der Waals surface area contributed by atoms with E-state index in [2.05, 4.69) is 4.98 Å². The van der Waals surface area contributed by atoms with Gasteiger partial charge in [0.05, 0.1) is 0 Å². The van der Waals surface area contributed by atoms with Crippen molar-refractivity contribution in [1.29, 1.82) is 0 Å². The van der Waals surface area contributed by atoms with Gasteiger partial charge in [0, 0.05) is 11.9 Å². The Kier molecular flexibility index (Phi) is 1.12. The Morgan fingerprint density at radius 2 is 2.27 bits per heavy atom. The molecule has 0 aliphatic carbocycles. The number of pyridine rings is 1. The van der Waals surface area contributed by atoms with E-state index in [9.17, 15) is 0 Å². The maximum Gasteiger partial charge on any atom is 0.138 e. The van der Waals surface area contributed by atoms with Crippen molar-refractivity contribution in [2.24, 2.45) is 0 Å². The van der Waals surface area contributed by atoms with Gasteiger partial charge >= 0.3 is 0 Å². The third kappa shape index (κ3) is 0.774. The molecule has 0 unspecified atom stereocenters. The van der Waals surface area contributed by atoms with Crippen LogP contribution in [0.2, 0.25) is 0 Å². The fourth-order valence-corrected chi connectivity index (χ4v) is 1.22. The zero-order valence-corrected chi connectivity index (χ0v) is 6.28. The molecule has 0 amide bonds. The Balaban J connectivity index is 2.96. The number of aromatic nitrogens is 2. The molecule has 0 bridgehead atoms. The second-order valence-electron chi connectivity index (χ2n) is 2.54. The number of aryl methyl sites for hydroxylation is 1. The topological polar surface area (TPSA) is 43.3 Å². The van der Waals surface area contributed by atoms with E-state index in [1.165, 1.54) is 0 Å². The molecule has 2 aromatic heterocycles. The van der Waals surface area contributed by atoms with Gasteiger partial charge < -0.3 is 5.73 Å². The van der Waals surface area contributed by atoms with E-state index in [-0.39, 0.29) is 0 Å². The van der Waals surface area contributed by atoms with Crippen LogP contribution in [-0.4, -0.2) is 9.38 Å². The molecule has 0 atom stereocenters. The number of nitrogens with zero attached hydrogens (tertiary/aromatic N) is 2. The highest BCUT2D eigenvalue weighted by atomic mass is 15.1. The normalized spacial score (nSPS) is 10.6. The molecule has 2 N–H and O–H groups in total. The second kappa shape index (κ2) is 1.99. The summed E-state index contributed by atoms with van der Waals surface area (Å²) in [7, 11) is 0. The van der Waals surface area contributed by atoms with E-state index in [0.717, 1.165) is 17.2 Å². The predicted molar refractivity (Wildman–Crippen MR) is 44.3 cm³/mol. The molecule has 0 saturated carbocycles. The lowest BCUT2D eigenvalue weighted by atomic mass is 10.4. The Morgan fingerprint density at radius 3 is 3.00 bits per heavy atom. The van der Waals surface area contributed by atoms with Gasteiger partial charge in [-0.3, -0.25) is 4.40 Å². The summed E-state index contributed by atoms with van der Waals surface area (Å²) in [4.78, 5) is 4.16. The van der Waals surface area contributed by atoms with Crippen LogP contribution in [-0.2, 0) is 0 Å². The van der Waals surface area contributed by atoms with Crippen LogP contribution < -0.4 is 5.73 Å². The SMILES string of the molecule is Cc1cnc2cccc(N)n12. The third-order valence-corrected chi connectivity index (χ3v) is 1.74. The second-order valence-corrected chi connectivity index (χ2v) is 2.54. The maximum atomic E-state index is 5.72. The molecule has 2 rings (SSSR count). The summed E-state index contributed by atoms with van der Waals surface area (Å²) in [6.45, 7) is 1.98. The smallest absolute Gasteiger partial charge is 0.138 e. The van der Waals surface area contributed by atoms with Crippen molar-refractivity contribution in [2.75, 3.05) is 5.73 Å². The molecule has 0 radical (unpaired) electrons. The summed E-state index contributed by atoms with van der Waals surface area (Å²) in [6, 6.07) is 5.70. The van der Waals surface area contributed by atoms with Crippen molar-refractivity contribution in [1.82, 2.24) is 9.38 Å². The van der Waals surface area contributed by atoms with Crippen molar-refractivity contribution < 1.29 is 0 Å². The number of anilines is 1. The molecule has 3 nitrogen and oxygen atoms in total. The molecule has 2 aromatic rings. The van der Waals surface area contributed by atoms with Crippen molar-refractivity contribution in [3.05, 3.63) is 30.1 Å². The molecule has 0 aliphatic heterocycles. The Labute approximate surface area is 64.5 Å². The van der Waals surface area contributed by atoms with Crippen molar-refractivity contribution in [2.45, 2.75) is 6.92 Å². The van der Waals surface area contributed by atoms with Gasteiger partial charge in [0.25, 0.3) is 0 Å². The van der Waals surface area contributed by atoms with Crippen LogP contribution in [0.15, 0.2) is 24.4 Å². The van der Waals surface area contributed by atoms with Crippen LogP contribution in [0.1, 0.15) is 5.69 Å². The van der Waals surface area contributed by atoms with E-state index < -0.39 is 0 Å². The number of nitrogen functional groups attached to an aromatic ring is 1. The van der Waals surface area contributed by atoms with Gasteiger partial charge in [-0.1, -0.05) is 6.07 Å². The summed E-state index contributed by atoms with van der Waals surface area (Å²) >= 11 is 0. The molecule has 11 heavy (non-hydrogen) atoms. The fourth-order valence-electron chi connectivity index (χ4n) is 1.22. The number of fused-ring (bicyclic) bond motifs is 1. The number of rotatable bonds is 0. The van der Waals surface area contributed by atoms with Gasteiger partial charge in [-0.05, 0) is 19.1 Å². The molecule has 2 heterocycles. The average molecular weight is 147 g/mol. The maximum absolute atomic E-state index is 5.72. The first-order valence-electron chi connectivity index (χ1n) is 3.47. The number of hydrogen-bond acceptors (Lipinski definition) is 2. The predicted octanol–water partition coefficient (Wildman–Crippen LogP) is 1.22. The Bertz CT molecular complexity index is 389. The van der Waals surface area contributed by atoms with Crippen molar-refractivity contribution in [3.63, 3.8) is 0 Å². The molecular weight excluding hydrogens is 138 g/mol. The van der Waals surface area contributed by atoms with Crippen LogP contribution in [0.4, 0.5) is 5.82 Å². The van der Waals surface area contributed by atoms with E-state index in [4.69, 9.17) is 5.73 Å². The lowest BCUT2D eigenvalue weighted by molar-refractivity contribution is 1.12. The summed E-state index contributed by atoms with van der Waals surface area (Å²) in [5.41, 5.74) is 7.70. The zero-order valence-electron chi connectivity index (χ0n) is 6.28. The van der Waals surface area contributed by atoms with Crippen molar-refractivity contribution in [3.8, 4) is 0 Å². The summed E-state index contributed by atoms with van der Waals surface area (Å²) in [5, 5.41) is 0. The summed E-state index contributed by atoms with van der Waals surface area (Å²) < 4.78 is 1.92. The van der Waals surface area contributed by atoms with Crippen LogP contribution in [0, 0.1) is 6.92 Å². The zero-order chi connectivity index (χ0) is 7.84. The Hall–Kier alpha value is -1.51. The third-order valence-electron chi connectivity index (χ3n) is 1.74. The first-order chi connectivity index (χ1) is 5.29. The molecule has 0 fully saturated rings. The highest BCUT2D eigenvalue weighted by molar-refractivity contribution is 5.49. The molecule has 0 aromatic carbocycles. The molecule has 56 valence electrons. The molecule has 3 heteroatoms. The molecule has 0 spiro atoms. The minimum Gasteiger partial charge on any atom is -0.385 e. The monoisotopic (exact) mass is 147 g/mol. The molecule has 0 aliphatic rings. The van der Waals surface area contributed by atoms with Gasteiger partial charge in [0.2, 0.25) is 0 Å². The standard InChI is InChI=1S/C8H9N3/c1-6-5-10-8-4-2-3-7(9)11(6)8/h2-5H,9H2,1H3. The van der Waals surface area contributed by atoms with Gasteiger partial charge in [-0.2, -0.15) is 0 Å².